The molecule has 0 spiro atoms. The number of imide groups is 1. The van der Waals surface area contributed by atoms with Gasteiger partial charge >= 0.3 is 5.97 Å². The van der Waals surface area contributed by atoms with Crippen LogP contribution in [0.25, 0.3) is 5.69 Å². The van der Waals surface area contributed by atoms with Gasteiger partial charge in [-0.25, -0.2) is 0 Å². The number of hydrogen-bond acceptors (Lipinski definition) is 6. The lowest BCUT2D eigenvalue weighted by Gasteiger charge is -2.12. The van der Waals surface area contributed by atoms with Crippen LogP contribution in [0.15, 0.2) is 35.1 Å². The number of nitrogens with two attached hydrogens (primary N) is 1. The van der Waals surface area contributed by atoms with Crippen LogP contribution >= 0.6 is 0 Å². The zero-order valence-corrected chi connectivity index (χ0v) is 12.7. The normalized spacial score (nSPS) is 12.7. The number of rotatable bonds is 3. The third kappa shape index (κ3) is 2.43. The van der Waals surface area contributed by atoms with E-state index in [1.807, 2.05) is 0 Å². The van der Waals surface area contributed by atoms with Crippen LogP contribution in [0, 0.1) is 0 Å². The number of hydrogen-bond donors (Lipinski definition) is 2. The van der Waals surface area contributed by atoms with E-state index in [0.29, 0.717) is 11.3 Å². The van der Waals surface area contributed by atoms with Gasteiger partial charge in [0, 0.05) is 6.07 Å². The molecule has 8 nitrogen and oxygen atoms in total. The number of anilines is 1. The number of ether oxygens (including phenoxy) is 1. The molecule has 1 aliphatic heterocycles. The number of nitrogens with zero attached hydrogens (tertiary/aromatic N) is 1. The maximum atomic E-state index is 12.3. The van der Waals surface area contributed by atoms with Crippen molar-refractivity contribution in [3.63, 3.8) is 0 Å². The third-order valence-corrected chi connectivity index (χ3v) is 3.70. The molecular formula is C16H13N3O5. The molecule has 0 saturated heterocycles. The number of benzene rings is 1. The number of esters is 1. The molecule has 0 unspecified atom stereocenters. The summed E-state index contributed by atoms with van der Waals surface area (Å²) in [5.41, 5.74) is 6.34. The molecule has 1 aromatic carbocycles. The Balaban J connectivity index is 2.15. The van der Waals surface area contributed by atoms with Gasteiger partial charge in [-0.2, -0.15) is 0 Å². The maximum absolute atomic E-state index is 12.3. The summed E-state index contributed by atoms with van der Waals surface area (Å²) >= 11 is 0. The highest BCUT2D eigenvalue weighted by Crippen LogP contribution is 2.23. The molecule has 8 heteroatoms. The molecular weight excluding hydrogens is 314 g/mol. The summed E-state index contributed by atoms with van der Waals surface area (Å²) in [7, 11) is 1.28. The third-order valence-electron chi connectivity index (χ3n) is 3.70. The van der Waals surface area contributed by atoms with Crippen LogP contribution in [0.5, 0.6) is 0 Å². The van der Waals surface area contributed by atoms with E-state index in [0.717, 1.165) is 10.6 Å². The van der Waals surface area contributed by atoms with E-state index in [9.17, 15) is 19.2 Å². The molecule has 0 atom stereocenters. The van der Waals surface area contributed by atoms with Crippen LogP contribution in [-0.4, -0.2) is 29.5 Å². The van der Waals surface area contributed by atoms with Gasteiger partial charge in [0.15, 0.2) is 0 Å². The number of carbonyl (C=O) groups is 3. The second kappa shape index (κ2) is 5.65. The monoisotopic (exact) mass is 327 g/mol. The minimum atomic E-state index is -0.648. The molecule has 1 aliphatic rings. The molecule has 0 aliphatic carbocycles. The van der Waals surface area contributed by atoms with Gasteiger partial charge in [-0.15, -0.1) is 0 Å². The van der Waals surface area contributed by atoms with Gasteiger partial charge in [0.25, 0.3) is 17.4 Å². The van der Waals surface area contributed by atoms with Gasteiger partial charge in [0.2, 0.25) is 0 Å². The Morgan fingerprint density at radius 2 is 1.96 bits per heavy atom. The first-order valence-corrected chi connectivity index (χ1v) is 6.99. The second-order valence-electron chi connectivity index (χ2n) is 5.20. The largest absolute Gasteiger partial charge is 0.469 e. The number of nitrogen functional groups attached to an aromatic ring is 1. The van der Waals surface area contributed by atoms with E-state index in [4.69, 9.17) is 5.73 Å². The average Bonchev–Trinajstić information content (AvgIpc) is 2.82. The number of aromatic nitrogens is 1. The Morgan fingerprint density at radius 3 is 2.67 bits per heavy atom. The average molecular weight is 327 g/mol. The van der Waals surface area contributed by atoms with Crippen LogP contribution < -0.4 is 16.6 Å². The number of pyridine rings is 1. The molecule has 1 aromatic heterocycles. The van der Waals surface area contributed by atoms with Crippen molar-refractivity contribution in [2.75, 3.05) is 12.8 Å². The summed E-state index contributed by atoms with van der Waals surface area (Å²) in [6, 6.07) is 7.62. The highest BCUT2D eigenvalue weighted by molar-refractivity contribution is 6.23. The molecule has 0 radical (unpaired) electrons. The summed E-state index contributed by atoms with van der Waals surface area (Å²) < 4.78 is 5.73. The SMILES string of the molecule is COC(=O)Cc1cccc(-n2c(N)c3c(cc2=O)C(=O)NC3=O)c1. The lowest BCUT2D eigenvalue weighted by Crippen LogP contribution is -2.24. The Morgan fingerprint density at radius 1 is 1.21 bits per heavy atom. The van der Waals surface area contributed by atoms with Crippen LogP contribution in [0.4, 0.5) is 5.82 Å². The fraction of sp³-hybridized carbons (Fsp3) is 0.125. The van der Waals surface area contributed by atoms with Crippen molar-refractivity contribution in [3.05, 3.63) is 57.4 Å². The maximum Gasteiger partial charge on any atom is 0.309 e. The molecule has 3 N–H and O–H groups in total. The summed E-state index contributed by atoms with van der Waals surface area (Å²) in [4.78, 5) is 47.2. The predicted octanol–water partition coefficient (Wildman–Crippen LogP) is 0.0188. The Hall–Kier alpha value is -3.42. The summed E-state index contributed by atoms with van der Waals surface area (Å²) in [6.07, 6.45) is 0.0307. The van der Waals surface area contributed by atoms with E-state index in [2.05, 4.69) is 10.1 Å². The number of methoxy groups -OCH3 is 1. The highest BCUT2D eigenvalue weighted by atomic mass is 16.5. The van der Waals surface area contributed by atoms with Crippen molar-refractivity contribution in [1.29, 1.82) is 0 Å². The second-order valence-corrected chi connectivity index (χ2v) is 5.20. The van der Waals surface area contributed by atoms with Crippen LogP contribution in [0.3, 0.4) is 0 Å². The van der Waals surface area contributed by atoms with Crippen molar-refractivity contribution < 1.29 is 19.1 Å². The fourth-order valence-electron chi connectivity index (χ4n) is 2.59. The Labute approximate surface area is 135 Å². The fourth-order valence-corrected chi connectivity index (χ4v) is 2.59. The quantitative estimate of drug-likeness (QED) is 0.605. The molecule has 0 bridgehead atoms. The molecule has 2 heterocycles. The van der Waals surface area contributed by atoms with Crippen LogP contribution in [0.2, 0.25) is 0 Å². The predicted molar refractivity (Wildman–Crippen MR) is 84.0 cm³/mol. The molecule has 2 amide bonds. The van der Waals surface area contributed by atoms with E-state index >= 15 is 0 Å². The molecule has 122 valence electrons. The van der Waals surface area contributed by atoms with Gasteiger partial charge in [-0.3, -0.25) is 29.1 Å². The number of fused-ring (bicyclic) bond motifs is 1. The lowest BCUT2D eigenvalue weighted by atomic mass is 10.1. The first-order valence-electron chi connectivity index (χ1n) is 6.99. The van der Waals surface area contributed by atoms with Crippen molar-refractivity contribution in [2.24, 2.45) is 0 Å². The Bertz CT molecular complexity index is 945. The minimum absolute atomic E-state index is 0.0297. The van der Waals surface area contributed by atoms with E-state index in [1.54, 1.807) is 24.3 Å². The number of nitrogens with one attached hydrogen (secondary N) is 1. The molecule has 3 rings (SSSR count). The zero-order chi connectivity index (χ0) is 17.4. The van der Waals surface area contributed by atoms with Gasteiger partial charge in [0.05, 0.1) is 30.3 Å². The Kier molecular flexibility index (Phi) is 3.64. The first kappa shape index (κ1) is 15.5. The van der Waals surface area contributed by atoms with Crippen molar-refractivity contribution in [1.82, 2.24) is 9.88 Å². The van der Waals surface area contributed by atoms with Crippen molar-refractivity contribution in [2.45, 2.75) is 6.42 Å². The van der Waals surface area contributed by atoms with Crippen LogP contribution in [-0.2, 0) is 16.0 Å². The van der Waals surface area contributed by atoms with Crippen LogP contribution in [0.1, 0.15) is 26.3 Å². The lowest BCUT2D eigenvalue weighted by molar-refractivity contribution is -0.139. The molecule has 0 saturated carbocycles. The smallest absolute Gasteiger partial charge is 0.309 e. The van der Waals surface area contributed by atoms with Gasteiger partial charge in [-0.05, 0) is 17.7 Å². The van der Waals surface area contributed by atoms with Gasteiger partial charge < -0.3 is 10.5 Å². The van der Waals surface area contributed by atoms with E-state index in [-0.39, 0.29) is 23.4 Å². The molecule has 2 aromatic rings. The minimum Gasteiger partial charge on any atom is -0.469 e. The summed E-state index contributed by atoms with van der Waals surface area (Å²) in [5.74, 6) is -1.85. The van der Waals surface area contributed by atoms with Crippen molar-refractivity contribution in [3.8, 4) is 5.69 Å². The molecule has 0 fully saturated rings. The number of carbonyl (C=O) groups excluding carboxylic acids is 3. The van der Waals surface area contributed by atoms with E-state index in [1.165, 1.54) is 7.11 Å². The first-order chi connectivity index (χ1) is 11.4. The standard InChI is InChI=1S/C16H13N3O5/c1-24-12(21)6-8-3-2-4-9(5-8)19-11(20)7-10-13(14(19)17)16(23)18-15(10)22/h2-5,7H,6,17H2,1H3,(H,18,22,23). The summed E-state index contributed by atoms with van der Waals surface area (Å²) in [5, 5.41) is 2.10. The topological polar surface area (TPSA) is 120 Å². The molecule has 24 heavy (non-hydrogen) atoms. The highest BCUT2D eigenvalue weighted by Gasteiger charge is 2.31. The summed E-state index contributed by atoms with van der Waals surface area (Å²) in [6.45, 7) is 0. The zero-order valence-electron chi connectivity index (χ0n) is 12.7. The van der Waals surface area contributed by atoms with Gasteiger partial charge in [0.1, 0.15) is 5.82 Å². The van der Waals surface area contributed by atoms with E-state index < -0.39 is 23.3 Å². The number of amides is 2. The van der Waals surface area contributed by atoms with Crippen molar-refractivity contribution >= 4 is 23.6 Å². The van der Waals surface area contributed by atoms with Gasteiger partial charge in [-0.1, -0.05) is 12.1 Å².